The molecular formula is C18H15Cl3O2. The molecule has 0 bridgehead atoms. The van der Waals surface area contributed by atoms with Gasteiger partial charge in [-0.3, -0.25) is 0 Å². The lowest BCUT2D eigenvalue weighted by Crippen LogP contribution is -2.31. The molecule has 0 atom stereocenters. The molecular weight excluding hydrogens is 355 g/mol. The molecule has 2 nitrogen and oxygen atoms in total. The van der Waals surface area contributed by atoms with Gasteiger partial charge in [-0.1, -0.05) is 60.3 Å². The Hall–Kier alpha value is -1.22. The average molecular weight is 370 g/mol. The summed E-state index contributed by atoms with van der Waals surface area (Å²) in [5, 5.41) is 1.04. The van der Waals surface area contributed by atoms with Crippen molar-refractivity contribution >= 4 is 40.8 Å². The molecule has 0 aliphatic heterocycles. The molecule has 3 rings (SSSR count). The summed E-state index contributed by atoms with van der Waals surface area (Å²) >= 11 is 19.1. The van der Waals surface area contributed by atoms with Crippen LogP contribution in [0, 0.1) is 0 Å². The molecule has 0 fully saturated rings. The van der Waals surface area contributed by atoms with E-state index >= 15 is 0 Å². The second kappa shape index (κ2) is 6.35. The monoisotopic (exact) mass is 368 g/mol. The minimum atomic E-state index is -1.41. The molecule has 23 heavy (non-hydrogen) atoms. The van der Waals surface area contributed by atoms with Crippen LogP contribution in [0.5, 0.6) is 0 Å². The number of halogens is 3. The number of fused-ring (bicyclic) bond motifs is 3. The van der Waals surface area contributed by atoms with E-state index in [1.165, 1.54) is 0 Å². The molecule has 1 aliphatic carbocycles. The highest BCUT2D eigenvalue weighted by atomic mass is 35.5. The van der Waals surface area contributed by atoms with Gasteiger partial charge in [-0.25, -0.2) is 4.79 Å². The molecule has 0 heterocycles. The van der Waals surface area contributed by atoms with Gasteiger partial charge in [-0.15, -0.1) is 0 Å². The van der Waals surface area contributed by atoms with Gasteiger partial charge in [0.2, 0.25) is 0 Å². The lowest BCUT2D eigenvalue weighted by atomic mass is 9.96. The first-order chi connectivity index (χ1) is 11.0. The fraction of sp³-hybridized carbons (Fsp3) is 0.278. The largest absolute Gasteiger partial charge is 0.464 e. The minimum Gasteiger partial charge on any atom is -0.464 e. The van der Waals surface area contributed by atoms with E-state index in [0.717, 1.165) is 24.0 Å². The lowest BCUT2D eigenvalue weighted by molar-refractivity contribution is -0.146. The number of carbonyl (C=O) groups is 1. The Morgan fingerprint density at radius 3 is 2.04 bits per heavy atom. The lowest BCUT2D eigenvalue weighted by Gasteiger charge is -2.22. The number of unbranched alkanes of at least 4 members (excludes halogenated alkanes) is 1. The third-order valence-corrected chi connectivity index (χ3v) is 5.04. The quantitative estimate of drug-likeness (QED) is 0.387. The molecule has 0 aromatic heterocycles. The smallest absolute Gasteiger partial charge is 0.336 e. The van der Waals surface area contributed by atoms with Crippen LogP contribution in [-0.2, 0) is 14.4 Å². The number of ether oxygens (including phenoxy) is 1. The maximum atomic E-state index is 12.7. The van der Waals surface area contributed by atoms with Crippen molar-refractivity contribution in [2.75, 3.05) is 6.61 Å². The predicted octanol–water partition coefficient (Wildman–Crippen LogP) is 5.80. The molecule has 120 valence electrons. The summed E-state index contributed by atoms with van der Waals surface area (Å²) in [6.45, 7) is 2.37. The number of hydrogen-bond acceptors (Lipinski definition) is 2. The number of benzene rings is 2. The second-order valence-electron chi connectivity index (χ2n) is 5.53. The van der Waals surface area contributed by atoms with Gasteiger partial charge in [0.1, 0.15) is 0 Å². The van der Waals surface area contributed by atoms with Crippen molar-refractivity contribution < 1.29 is 9.53 Å². The molecule has 0 spiro atoms. The fourth-order valence-electron chi connectivity index (χ4n) is 2.85. The first-order valence-electron chi connectivity index (χ1n) is 7.45. The van der Waals surface area contributed by atoms with Crippen molar-refractivity contribution in [1.82, 2.24) is 0 Å². The predicted molar refractivity (Wildman–Crippen MR) is 94.4 cm³/mol. The van der Waals surface area contributed by atoms with E-state index in [9.17, 15) is 4.79 Å². The Bertz CT molecular complexity index is 719. The minimum absolute atomic E-state index is 0.343. The third-order valence-electron chi connectivity index (χ3n) is 4.01. The molecule has 0 radical (unpaired) electrons. The molecule has 0 saturated carbocycles. The van der Waals surface area contributed by atoms with Crippen molar-refractivity contribution in [3.05, 3.63) is 57.6 Å². The van der Waals surface area contributed by atoms with Crippen LogP contribution in [0.15, 0.2) is 36.4 Å². The van der Waals surface area contributed by atoms with Gasteiger partial charge in [-0.2, -0.15) is 0 Å². The van der Waals surface area contributed by atoms with Gasteiger partial charge in [0.25, 0.3) is 0 Å². The molecule has 5 heteroatoms. The Morgan fingerprint density at radius 2 is 1.57 bits per heavy atom. The summed E-state index contributed by atoms with van der Waals surface area (Å²) in [5.74, 6) is -0.489. The summed E-state index contributed by atoms with van der Waals surface area (Å²) in [6.07, 6.45) is 1.73. The SMILES string of the molecule is CCCCOC(=O)C1(Cl)c2cc(Cl)ccc2-c2ccc(Cl)cc21. The highest BCUT2D eigenvalue weighted by molar-refractivity contribution is 6.39. The summed E-state index contributed by atoms with van der Waals surface area (Å²) in [5.41, 5.74) is 3.04. The molecule has 0 unspecified atom stereocenters. The van der Waals surface area contributed by atoms with Crippen LogP contribution in [0.1, 0.15) is 30.9 Å². The van der Waals surface area contributed by atoms with Crippen LogP contribution >= 0.6 is 34.8 Å². The van der Waals surface area contributed by atoms with Gasteiger partial charge < -0.3 is 4.74 Å². The Morgan fingerprint density at radius 1 is 1.04 bits per heavy atom. The number of carbonyl (C=O) groups excluding carboxylic acids is 1. The highest BCUT2D eigenvalue weighted by Gasteiger charge is 2.49. The van der Waals surface area contributed by atoms with Gasteiger partial charge in [-0.05, 0) is 52.9 Å². The van der Waals surface area contributed by atoms with E-state index in [1.54, 1.807) is 24.3 Å². The maximum absolute atomic E-state index is 12.7. The fourth-order valence-corrected chi connectivity index (χ4v) is 3.56. The van der Waals surface area contributed by atoms with Crippen LogP contribution < -0.4 is 0 Å². The summed E-state index contributed by atoms with van der Waals surface area (Å²) in [7, 11) is 0. The van der Waals surface area contributed by atoms with Gasteiger partial charge >= 0.3 is 5.97 Å². The number of rotatable bonds is 4. The molecule has 0 N–H and O–H groups in total. The highest BCUT2D eigenvalue weighted by Crippen LogP contribution is 2.53. The van der Waals surface area contributed by atoms with E-state index in [4.69, 9.17) is 39.5 Å². The summed E-state index contributed by atoms with van der Waals surface area (Å²) < 4.78 is 5.41. The Labute approximate surface area is 150 Å². The van der Waals surface area contributed by atoms with E-state index in [0.29, 0.717) is 27.8 Å². The van der Waals surface area contributed by atoms with E-state index < -0.39 is 10.8 Å². The Balaban J connectivity index is 2.14. The first-order valence-corrected chi connectivity index (χ1v) is 8.58. The van der Waals surface area contributed by atoms with Gasteiger partial charge in [0, 0.05) is 10.0 Å². The van der Waals surface area contributed by atoms with E-state index in [1.807, 2.05) is 19.1 Å². The normalized spacial score (nSPS) is 14.3. The van der Waals surface area contributed by atoms with Crippen LogP contribution in [0.3, 0.4) is 0 Å². The van der Waals surface area contributed by atoms with Crippen LogP contribution in [-0.4, -0.2) is 12.6 Å². The molecule has 2 aromatic rings. The first kappa shape index (κ1) is 16.6. The molecule has 0 saturated heterocycles. The van der Waals surface area contributed by atoms with Crippen molar-refractivity contribution in [3.8, 4) is 11.1 Å². The number of esters is 1. The van der Waals surface area contributed by atoms with Gasteiger partial charge in [0.15, 0.2) is 4.87 Å². The standard InChI is InChI=1S/C18H15Cl3O2/c1-2-3-8-23-17(22)18(21)15-9-11(19)4-6-13(15)14-7-5-12(20)10-16(14)18/h4-7,9-10H,2-3,8H2,1H3. The van der Waals surface area contributed by atoms with Crippen LogP contribution in [0.4, 0.5) is 0 Å². The zero-order valence-electron chi connectivity index (χ0n) is 12.5. The molecule has 2 aromatic carbocycles. The topological polar surface area (TPSA) is 26.3 Å². The van der Waals surface area contributed by atoms with Crippen molar-refractivity contribution in [1.29, 1.82) is 0 Å². The zero-order chi connectivity index (χ0) is 16.6. The average Bonchev–Trinajstić information content (AvgIpc) is 2.77. The van der Waals surface area contributed by atoms with Crippen molar-refractivity contribution in [2.45, 2.75) is 24.6 Å². The van der Waals surface area contributed by atoms with E-state index in [-0.39, 0.29) is 0 Å². The maximum Gasteiger partial charge on any atom is 0.336 e. The van der Waals surface area contributed by atoms with Crippen LogP contribution in [0.2, 0.25) is 10.0 Å². The molecule has 0 amide bonds. The van der Waals surface area contributed by atoms with Crippen LogP contribution in [0.25, 0.3) is 11.1 Å². The van der Waals surface area contributed by atoms with Crippen molar-refractivity contribution in [2.24, 2.45) is 0 Å². The van der Waals surface area contributed by atoms with E-state index in [2.05, 4.69) is 0 Å². The number of hydrogen-bond donors (Lipinski definition) is 0. The number of alkyl halides is 1. The summed E-state index contributed by atoms with van der Waals surface area (Å²) in [6, 6.07) is 10.7. The molecule has 1 aliphatic rings. The van der Waals surface area contributed by atoms with Crippen molar-refractivity contribution in [3.63, 3.8) is 0 Å². The second-order valence-corrected chi connectivity index (χ2v) is 6.97. The third kappa shape index (κ3) is 2.73. The Kier molecular flexibility index (Phi) is 4.59. The van der Waals surface area contributed by atoms with Gasteiger partial charge in [0.05, 0.1) is 6.61 Å². The summed E-state index contributed by atoms with van der Waals surface area (Å²) in [4.78, 5) is 11.3. The zero-order valence-corrected chi connectivity index (χ0v) is 14.8.